The Labute approximate surface area is 138 Å². The van der Waals surface area contributed by atoms with E-state index in [4.69, 9.17) is 16.3 Å². The van der Waals surface area contributed by atoms with Crippen molar-refractivity contribution in [1.82, 2.24) is 4.98 Å². The molecular formula is C18H14ClNOS. The molecule has 0 aliphatic heterocycles. The van der Waals surface area contributed by atoms with Crippen LogP contribution in [0.25, 0.3) is 23.4 Å². The van der Waals surface area contributed by atoms with Gasteiger partial charge in [0.2, 0.25) is 0 Å². The number of hydrogen-bond acceptors (Lipinski definition) is 3. The zero-order valence-electron chi connectivity index (χ0n) is 12.0. The van der Waals surface area contributed by atoms with Crippen molar-refractivity contribution in [2.75, 3.05) is 7.11 Å². The topological polar surface area (TPSA) is 22.1 Å². The number of benzene rings is 2. The fourth-order valence-electron chi connectivity index (χ4n) is 2.04. The van der Waals surface area contributed by atoms with Crippen LogP contribution in [0, 0.1) is 0 Å². The molecule has 110 valence electrons. The van der Waals surface area contributed by atoms with Crippen molar-refractivity contribution in [2.24, 2.45) is 0 Å². The first-order valence-corrected chi connectivity index (χ1v) is 8.04. The van der Waals surface area contributed by atoms with Crippen molar-refractivity contribution >= 4 is 35.1 Å². The van der Waals surface area contributed by atoms with Crippen LogP contribution in [0.3, 0.4) is 0 Å². The van der Waals surface area contributed by atoms with Crippen LogP contribution in [0.15, 0.2) is 53.9 Å². The van der Waals surface area contributed by atoms with Gasteiger partial charge < -0.3 is 4.74 Å². The second kappa shape index (κ2) is 6.77. The summed E-state index contributed by atoms with van der Waals surface area (Å²) in [5.74, 6) is 0.847. The molecule has 0 unspecified atom stereocenters. The number of halogens is 1. The first-order valence-electron chi connectivity index (χ1n) is 6.78. The van der Waals surface area contributed by atoms with Gasteiger partial charge in [0.15, 0.2) is 0 Å². The summed E-state index contributed by atoms with van der Waals surface area (Å²) in [6.45, 7) is 0. The molecule has 0 N–H and O–H groups in total. The van der Waals surface area contributed by atoms with Gasteiger partial charge in [-0.3, -0.25) is 0 Å². The first-order chi connectivity index (χ1) is 10.7. The van der Waals surface area contributed by atoms with Crippen molar-refractivity contribution < 1.29 is 4.74 Å². The van der Waals surface area contributed by atoms with E-state index in [9.17, 15) is 0 Å². The van der Waals surface area contributed by atoms with Gasteiger partial charge in [0.1, 0.15) is 10.8 Å². The SMILES string of the molecule is COc1ccc(-c2csc(/C=C/c3cccc(Cl)c3)n2)cc1. The number of nitrogens with zero attached hydrogens (tertiary/aromatic N) is 1. The van der Waals surface area contributed by atoms with Gasteiger partial charge in [0.25, 0.3) is 0 Å². The highest BCUT2D eigenvalue weighted by Gasteiger charge is 2.03. The summed E-state index contributed by atoms with van der Waals surface area (Å²) in [7, 11) is 1.66. The highest BCUT2D eigenvalue weighted by Crippen LogP contribution is 2.25. The molecule has 0 saturated heterocycles. The molecule has 0 amide bonds. The Morgan fingerprint density at radius 1 is 1.09 bits per heavy atom. The molecule has 0 atom stereocenters. The van der Waals surface area contributed by atoms with Gasteiger partial charge in [0, 0.05) is 16.0 Å². The monoisotopic (exact) mass is 327 g/mol. The molecule has 0 aliphatic carbocycles. The van der Waals surface area contributed by atoms with Gasteiger partial charge >= 0.3 is 0 Å². The van der Waals surface area contributed by atoms with Crippen LogP contribution in [0.5, 0.6) is 5.75 Å². The summed E-state index contributed by atoms with van der Waals surface area (Å²) in [5.41, 5.74) is 3.12. The second-order valence-electron chi connectivity index (χ2n) is 4.69. The lowest BCUT2D eigenvalue weighted by atomic mass is 10.2. The van der Waals surface area contributed by atoms with Crippen molar-refractivity contribution in [3.63, 3.8) is 0 Å². The summed E-state index contributed by atoms with van der Waals surface area (Å²) in [4.78, 5) is 4.63. The third-order valence-electron chi connectivity index (χ3n) is 3.17. The maximum atomic E-state index is 5.98. The molecule has 0 spiro atoms. The predicted molar refractivity (Wildman–Crippen MR) is 94.5 cm³/mol. The zero-order chi connectivity index (χ0) is 15.4. The van der Waals surface area contributed by atoms with Crippen LogP contribution >= 0.6 is 22.9 Å². The molecule has 0 radical (unpaired) electrons. The molecule has 22 heavy (non-hydrogen) atoms. The van der Waals surface area contributed by atoms with E-state index in [2.05, 4.69) is 10.4 Å². The Balaban J connectivity index is 1.78. The lowest BCUT2D eigenvalue weighted by Crippen LogP contribution is -1.82. The molecule has 3 rings (SSSR count). The third kappa shape index (κ3) is 3.56. The Morgan fingerprint density at radius 3 is 2.64 bits per heavy atom. The molecule has 0 aliphatic rings. The second-order valence-corrected chi connectivity index (χ2v) is 6.01. The van der Waals surface area contributed by atoms with E-state index in [0.29, 0.717) is 0 Å². The van der Waals surface area contributed by atoms with Crippen LogP contribution in [-0.4, -0.2) is 12.1 Å². The van der Waals surface area contributed by atoms with E-state index in [1.54, 1.807) is 18.4 Å². The number of thiazole rings is 1. The predicted octanol–water partition coefficient (Wildman–Crippen LogP) is 5.64. The Hall–Kier alpha value is -2.10. The Bertz CT molecular complexity index is 793. The molecule has 3 aromatic rings. The largest absolute Gasteiger partial charge is 0.497 e. The van der Waals surface area contributed by atoms with E-state index < -0.39 is 0 Å². The Kier molecular flexibility index (Phi) is 4.56. The van der Waals surface area contributed by atoms with Crippen molar-refractivity contribution in [3.05, 3.63) is 69.5 Å². The average Bonchev–Trinajstić information content (AvgIpc) is 3.02. The molecule has 0 fully saturated rings. The van der Waals surface area contributed by atoms with Gasteiger partial charge in [-0.15, -0.1) is 11.3 Å². The summed E-state index contributed by atoms with van der Waals surface area (Å²) in [6, 6.07) is 15.6. The van der Waals surface area contributed by atoms with E-state index in [1.807, 2.05) is 60.7 Å². The number of ether oxygens (including phenoxy) is 1. The summed E-state index contributed by atoms with van der Waals surface area (Å²) in [6.07, 6.45) is 4.02. The lowest BCUT2D eigenvalue weighted by molar-refractivity contribution is 0.415. The molecule has 2 aromatic carbocycles. The molecule has 1 heterocycles. The maximum Gasteiger partial charge on any atom is 0.118 e. The molecule has 1 aromatic heterocycles. The summed E-state index contributed by atoms with van der Waals surface area (Å²) >= 11 is 7.59. The van der Waals surface area contributed by atoms with E-state index in [-0.39, 0.29) is 0 Å². The van der Waals surface area contributed by atoms with Crippen LogP contribution < -0.4 is 4.74 Å². The normalized spacial score (nSPS) is 11.0. The van der Waals surface area contributed by atoms with E-state index in [1.165, 1.54) is 0 Å². The molecule has 0 saturated carbocycles. The number of hydrogen-bond donors (Lipinski definition) is 0. The van der Waals surface area contributed by atoms with Gasteiger partial charge in [-0.2, -0.15) is 0 Å². The van der Waals surface area contributed by atoms with Crippen LogP contribution in [0.1, 0.15) is 10.6 Å². The quantitative estimate of drug-likeness (QED) is 0.618. The van der Waals surface area contributed by atoms with Crippen molar-refractivity contribution in [3.8, 4) is 17.0 Å². The third-order valence-corrected chi connectivity index (χ3v) is 4.22. The molecular weight excluding hydrogens is 314 g/mol. The first kappa shape index (κ1) is 14.8. The summed E-state index contributed by atoms with van der Waals surface area (Å²) < 4.78 is 5.17. The van der Waals surface area contributed by atoms with Gasteiger partial charge in [-0.25, -0.2) is 4.98 Å². The Morgan fingerprint density at radius 2 is 1.91 bits per heavy atom. The minimum atomic E-state index is 0.736. The summed E-state index contributed by atoms with van der Waals surface area (Å²) in [5, 5.41) is 3.76. The molecule has 0 bridgehead atoms. The fourth-order valence-corrected chi connectivity index (χ4v) is 2.95. The minimum absolute atomic E-state index is 0.736. The van der Waals surface area contributed by atoms with Gasteiger partial charge in [-0.05, 0) is 48.0 Å². The number of methoxy groups -OCH3 is 1. The van der Waals surface area contributed by atoms with E-state index >= 15 is 0 Å². The van der Waals surface area contributed by atoms with E-state index in [0.717, 1.165) is 32.6 Å². The molecule has 4 heteroatoms. The van der Waals surface area contributed by atoms with Gasteiger partial charge in [-0.1, -0.05) is 29.8 Å². The smallest absolute Gasteiger partial charge is 0.118 e. The number of aromatic nitrogens is 1. The number of rotatable bonds is 4. The molecule has 2 nitrogen and oxygen atoms in total. The van der Waals surface area contributed by atoms with Crippen LogP contribution in [0.2, 0.25) is 5.02 Å². The van der Waals surface area contributed by atoms with Gasteiger partial charge in [0.05, 0.1) is 12.8 Å². The average molecular weight is 328 g/mol. The highest BCUT2D eigenvalue weighted by atomic mass is 35.5. The van der Waals surface area contributed by atoms with Crippen molar-refractivity contribution in [2.45, 2.75) is 0 Å². The zero-order valence-corrected chi connectivity index (χ0v) is 13.6. The fraction of sp³-hybridized carbons (Fsp3) is 0.0556. The van der Waals surface area contributed by atoms with Crippen LogP contribution in [0.4, 0.5) is 0 Å². The standard InChI is InChI=1S/C18H14ClNOS/c1-21-16-8-6-14(7-9-16)17-12-22-18(20-17)10-5-13-3-2-4-15(19)11-13/h2-12H,1H3/b10-5+. The highest BCUT2D eigenvalue weighted by molar-refractivity contribution is 7.10. The lowest BCUT2D eigenvalue weighted by Gasteiger charge is -2.00. The van der Waals surface area contributed by atoms with Crippen molar-refractivity contribution in [1.29, 1.82) is 0 Å². The maximum absolute atomic E-state index is 5.98. The minimum Gasteiger partial charge on any atom is -0.497 e. The van der Waals surface area contributed by atoms with Crippen LogP contribution in [-0.2, 0) is 0 Å².